The van der Waals surface area contributed by atoms with Crippen LogP contribution in [0.3, 0.4) is 0 Å². The van der Waals surface area contributed by atoms with Crippen LogP contribution in [0.4, 0.5) is 5.69 Å². The Morgan fingerprint density at radius 1 is 0.741 bits per heavy atom. The van der Waals surface area contributed by atoms with Gasteiger partial charge in [-0.1, -0.05) is 66.7 Å². The van der Waals surface area contributed by atoms with Crippen molar-refractivity contribution in [3.05, 3.63) is 96.5 Å². The van der Waals surface area contributed by atoms with Crippen molar-refractivity contribution < 1.29 is 0 Å². The topological polar surface area (TPSA) is 17.2 Å². The van der Waals surface area contributed by atoms with E-state index < -0.39 is 0 Å². The van der Waals surface area contributed by atoms with Gasteiger partial charge in [-0.05, 0) is 34.0 Å². The summed E-state index contributed by atoms with van der Waals surface area (Å²) in [6.45, 7) is 7.46. The summed E-state index contributed by atoms with van der Waals surface area (Å²) in [5.41, 5.74) is 5.12. The molecule has 0 aliphatic heterocycles. The Balaban J connectivity index is 1.76. The lowest BCUT2D eigenvalue weighted by atomic mass is 10.0. The average Bonchev–Trinajstić information content (AvgIpc) is 3.13. The van der Waals surface area contributed by atoms with Crippen LogP contribution in [-0.4, -0.2) is 4.98 Å². The molecule has 0 fully saturated rings. The predicted molar refractivity (Wildman–Crippen MR) is 114 cm³/mol. The van der Waals surface area contributed by atoms with Gasteiger partial charge in [0.1, 0.15) is 0 Å². The van der Waals surface area contributed by atoms with E-state index in [0.29, 0.717) is 5.69 Å². The molecule has 0 radical (unpaired) electrons. The van der Waals surface area contributed by atoms with Crippen molar-refractivity contribution in [2.75, 3.05) is 0 Å². The van der Waals surface area contributed by atoms with E-state index in [2.05, 4.69) is 52.3 Å². The molecule has 0 N–H and O–H groups in total. The first-order valence-corrected chi connectivity index (χ1v) is 9.50. The fourth-order valence-corrected chi connectivity index (χ4v) is 4.76. The number of hydrogen-bond donors (Lipinski definition) is 0. The summed E-state index contributed by atoms with van der Waals surface area (Å²) in [5, 5.41) is 2.33. The molecule has 0 aliphatic rings. The minimum atomic E-state index is 0.714. The monoisotopic (exact) mass is 362 g/mol. The molecular weight excluding hydrogens is 348 g/mol. The lowest BCUT2D eigenvalue weighted by Crippen LogP contribution is -1.85. The lowest BCUT2D eigenvalue weighted by Gasteiger charge is -2.06. The zero-order valence-electron chi connectivity index (χ0n) is 14.4. The molecule has 0 amide bonds. The third kappa shape index (κ3) is 2.59. The average molecular weight is 362 g/mol. The van der Waals surface area contributed by atoms with Crippen molar-refractivity contribution in [2.45, 2.75) is 0 Å². The molecule has 2 nitrogen and oxygen atoms in total. The molecule has 0 bridgehead atoms. The zero-order chi connectivity index (χ0) is 18.2. The van der Waals surface area contributed by atoms with Crippen LogP contribution in [0, 0.1) is 6.57 Å². The molecule has 27 heavy (non-hydrogen) atoms. The van der Waals surface area contributed by atoms with E-state index >= 15 is 0 Å². The summed E-state index contributed by atoms with van der Waals surface area (Å²) < 4.78 is 2.23. The second kappa shape index (κ2) is 6.35. The van der Waals surface area contributed by atoms with Gasteiger partial charge in [-0.3, -0.25) is 4.98 Å². The number of fused-ring (bicyclic) bond motifs is 3. The molecular formula is C24H14N2S. The van der Waals surface area contributed by atoms with E-state index in [0.717, 1.165) is 26.9 Å². The third-order valence-corrected chi connectivity index (χ3v) is 6.04. The normalized spacial score (nSPS) is 10.9. The van der Waals surface area contributed by atoms with Crippen LogP contribution in [0.25, 0.3) is 47.4 Å². The maximum Gasteiger partial charge on any atom is 0.204 e. The highest BCUT2D eigenvalue weighted by Crippen LogP contribution is 2.43. The summed E-state index contributed by atoms with van der Waals surface area (Å²) in [5.74, 6) is 0. The molecule has 3 heteroatoms. The van der Waals surface area contributed by atoms with Crippen LogP contribution < -0.4 is 0 Å². The third-order valence-electron chi connectivity index (χ3n) is 4.77. The number of rotatable bonds is 2. The van der Waals surface area contributed by atoms with Gasteiger partial charge in [0.15, 0.2) is 0 Å². The highest BCUT2D eigenvalue weighted by Gasteiger charge is 2.13. The number of thiophene rings is 1. The first-order chi connectivity index (χ1) is 13.3. The molecule has 2 aromatic heterocycles. The van der Waals surface area contributed by atoms with E-state index in [-0.39, 0.29) is 0 Å². The summed E-state index contributed by atoms with van der Waals surface area (Å²) in [6.07, 6.45) is 1.87. The van der Waals surface area contributed by atoms with Gasteiger partial charge in [0, 0.05) is 21.2 Å². The Morgan fingerprint density at radius 3 is 2.33 bits per heavy atom. The first kappa shape index (κ1) is 15.7. The Kier molecular flexibility index (Phi) is 3.71. The molecule has 0 unspecified atom stereocenters. The van der Waals surface area contributed by atoms with Crippen LogP contribution in [0.15, 0.2) is 85.1 Å². The molecule has 126 valence electrons. The second-order valence-electron chi connectivity index (χ2n) is 6.35. The van der Waals surface area contributed by atoms with Crippen LogP contribution in [0.1, 0.15) is 0 Å². The van der Waals surface area contributed by atoms with Crippen LogP contribution in [-0.2, 0) is 0 Å². The smallest absolute Gasteiger partial charge is 0.204 e. The van der Waals surface area contributed by atoms with E-state index in [1.54, 1.807) is 11.3 Å². The molecule has 0 saturated heterocycles. The van der Waals surface area contributed by atoms with Crippen molar-refractivity contribution in [3.63, 3.8) is 0 Å². The maximum atomic E-state index is 7.46. The molecule has 3 aromatic carbocycles. The van der Waals surface area contributed by atoms with Gasteiger partial charge in [-0.25, -0.2) is 4.85 Å². The van der Waals surface area contributed by atoms with E-state index in [9.17, 15) is 0 Å². The van der Waals surface area contributed by atoms with Crippen molar-refractivity contribution in [2.24, 2.45) is 0 Å². The standard InChI is InChI=1S/C24H14N2S/c1-25-21-12-6-10-19-18-9-5-11-20(23(18)27-24(19)21)22-15-17(13-14-26-22)16-7-3-2-4-8-16/h2-15H. The molecule has 0 saturated carbocycles. The quantitative estimate of drug-likeness (QED) is 0.300. The predicted octanol–water partition coefficient (Wildman–Crippen LogP) is 7.33. The van der Waals surface area contributed by atoms with Crippen molar-refractivity contribution >= 4 is 37.2 Å². The number of benzene rings is 3. The first-order valence-electron chi connectivity index (χ1n) is 8.69. The van der Waals surface area contributed by atoms with Gasteiger partial charge >= 0.3 is 0 Å². The van der Waals surface area contributed by atoms with E-state index in [1.165, 1.54) is 15.6 Å². The van der Waals surface area contributed by atoms with Gasteiger partial charge in [0.05, 0.1) is 12.3 Å². The minimum absolute atomic E-state index is 0.714. The highest BCUT2D eigenvalue weighted by atomic mass is 32.1. The molecule has 5 aromatic rings. The van der Waals surface area contributed by atoms with Gasteiger partial charge in [-0.15, -0.1) is 11.3 Å². The number of hydrogen-bond acceptors (Lipinski definition) is 2. The molecule has 0 aliphatic carbocycles. The largest absolute Gasteiger partial charge is 0.256 e. The van der Waals surface area contributed by atoms with Crippen molar-refractivity contribution in [3.8, 4) is 22.4 Å². The van der Waals surface area contributed by atoms with Gasteiger partial charge < -0.3 is 0 Å². The van der Waals surface area contributed by atoms with E-state index in [4.69, 9.17) is 6.57 Å². The molecule has 0 spiro atoms. The number of nitrogens with zero attached hydrogens (tertiary/aromatic N) is 2. The summed E-state index contributed by atoms with van der Waals surface area (Å²) in [6, 6.07) is 26.8. The van der Waals surface area contributed by atoms with Crippen molar-refractivity contribution in [1.82, 2.24) is 4.98 Å². The van der Waals surface area contributed by atoms with Crippen LogP contribution >= 0.6 is 11.3 Å². The molecule has 5 rings (SSSR count). The van der Waals surface area contributed by atoms with E-state index in [1.807, 2.05) is 42.6 Å². The summed E-state index contributed by atoms with van der Waals surface area (Å²) in [4.78, 5) is 8.34. The fraction of sp³-hybridized carbons (Fsp3) is 0. The Hall–Kier alpha value is -3.48. The second-order valence-corrected chi connectivity index (χ2v) is 7.37. The van der Waals surface area contributed by atoms with Gasteiger partial charge in [0.25, 0.3) is 0 Å². The highest BCUT2D eigenvalue weighted by molar-refractivity contribution is 7.27. The minimum Gasteiger partial charge on any atom is -0.256 e. The Labute approximate surface area is 161 Å². The van der Waals surface area contributed by atoms with Gasteiger partial charge in [0.2, 0.25) is 5.69 Å². The Morgan fingerprint density at radius 2 is 1.52 bits per heavy atom. The zero-order valence-corrected chi connectivity index (χ0v) is 15.2. The maximum absolute atomic E-state index is 7.46. The van der Waals surface area contributed by atoms with Crippen LogP contribution in [0.2, 0.25) is 0 Å². The van der Waals surface area contributed by atoms with Crippen molar-refractivity contribution in [1.29, 1.82) is 0 Å². The van der Waals surface area contributed by atoms with Crippen LogP contribution in [0.5, 0.6) is 0 Å². The number of pyridine rings is 1. The molecule has 2 heterocycles. The Bertz CT molecular complexity index is 1330. The fourth-order valence-electron chi connectivity index (χ4n) is 3.48. The number of aromatic nitrogens is 1. The SMILES string of the molecule is [C-]#[N+]c1cccc2c1sc1c(-c3cc(-c4ccccc4)ccn3)cccc12. The molecule has 0 atom stereocenters. The van der Waals surface area contributed by atoms with Gasteiger partial charge in [-0.2, -0.15) is 0 Å². The lowest BCUT2D eigenvalue weighted by molar-refractivity contribution is 1.33. The summed E-state index contributed by atoms with van der Waals surface area (Å²) >= 11 is 1.68. The summed E-state index contributed by atoms with van der Waals surface area (Å²) in [7, 11) is 0.